The molecule has 2 aromatic rings. The second-order valence-corrected chi connectivity index (χ2v) is 7.12. The average Bonchev–Trinajstić information content (AvgIpc) is 2.78. The molecule has 0 saturated heterocycles. The summed E-state index contributed by atoms with van der Waals surface area (Å²) in [6, 6.07) is 16.8. The molecule has 0 aliphatic rings. The Balaban J connectivity index is 2.21. The molecule has 0 amide bonds. The number of nitriles is 2. The van der Waals surface area contributed by atoms with E-state index >= 15 is 0 Å². The summed E-state index contributed by atoms with van der Waals surface area (Å²) in [6.45, 7) is 5.12. The molecule has 30 heavy (non-hydrogen) atoms. The summed E-state index contributed by atoms with van der Waals surface area (Å²) in [5, 5.41) is 19.4. The molecule has 0 atom stereocenters. The number of hydrogen-bond acceptors (Lipinski definition) is 6. The number of ether oxygens (including phenoxy) is 1. The van der Waals surface area contributed by atoms with Crippen molar-refractivity contribution in [3.63, 3.8) is 0 Å². The quantitative estimate of drug-likeness (QED) is 0.201. The fourth-order valence-corrected chi connectivity index (χ4v) is 3.18. The highest BCUT2D eigenvalue weighted by molar-refractivity contribution is 8.03. The van der Waals surface area contributed by atoms with Crippen molar-refractivity contribution in [2.45, 2.75) is 20.4 Å². The first-order chi connectivity index (χ1) is 14.6. The number of allylic oxidation sites excluding steroid dienone is 1. The molecule has 0 heterocycles. The lowest BCUT2D eigenvalue weighted by molar-refractivity contribution is 0.0685. The number of aliphatic imine (C=N–C) groups is 1. The van der Waals surface area contributed by atoms with Gasteiger partial charge in [-0.15, -0.1) is 5.26 Å². The third-order valence-corrected chi connectivity index (χ3v) is 4.83. The van der Waals surface area contributed by atoms with Crippen molar-refractivity contribution < 1.29 is 9.53 Å². The Labute approximate surface area is 181 Å². The second kappa shape index (κ2) is 12.1. The first-order valence-corrected chi connectivity index (χ1v) is 10.3. The van der Waals surface area contributed by atoms with Gasteiger partial charge in [0.25, 0.3) is 6.26 Å². The van der Waals surface area contributed by atoms with Crippen LogP contribution >= 0.6 is 11.8 Å². The zero-order chi connectivity index (χ0) is 21.8. The maximum Gasteiger partial charge on any atom is 0.353 e. The summed E-state index contributed by atoms with van der Waals surface area (Å²) >= 11 is 1.20. The summed E-state index contributed by atoms with van der Waals surface area (Å²) in [5.74, 6) is 0.801. The van der Waals surface area contributed by atoms with Crippen LogP contribution in [-0.2, 0) is 11.3 Å². The minimum atomic E-state index is -0.676. The highest BCUT2D eigenvalue weighted by Crippen LogP contribution is 2.17. The van der Waals surface area contributed by atoms with Crippen molar-refractivity contribution in [1.82, 2.24) is 4.90 Å². The van der Waals surface area contributed by atoms with Gasteiger partial charge in [-0.2, -0.15) is 5.26 Å². The molecule has 2 rings (SSSR count). The lowest BCUT2D eigenvalue weighted by Crippen LogP contribution is -2.30. The van der Waals surface area contributed by atoms with Gasteiger partial charge in [-0.05, 0) is 48.9 Å². The smallest absolute Gasteiger partial charge is 0.353 e. The number of benzene rings is 2. The second-order valence-electron chi connectivity index (χ2n) is 6.24. The van der Waals surface area contributed by atoms with Crippen LogP contribution in [0.1, 0.15) is 35.3 Å². The summed E-state index contributed by atoms with van der Waals surface area (Å²) in [6.07, 6.45) is 3.35. The summed E-state index contributed by atoms with van der Waals surface area (Å²) < 4.78 is 4.35. The van der Waals surface area contributed by atoms with E-state index in [4.69, 9.17) is 15.5 Å². The molecule has 0 radical (unpaired) electrons. The molecule has 152 valence electrons. The topological polar surface area (TPSA) is 89.5 Å². The van der Waals surface area contributed by atoms with Gasteiger partial charge in [-0.3, -0.25) is 0 Å². The van der Waals surface area contributed by atoms with Crippen LogP contribution in [0.2, 0.25) is 0 Å². The molecule has 6 nitrogen and oxygen atoms in total. The van der Waals surface area contributed by atoms with E-state index in [9.17, 15) is 4.79 Å². The summed E-state index contributed by atoms with van der Waals surface area (Å²) in [5.41, 5.74) is 3.20. The van der Waals surface area contributed by atoms with Gasteiger partial charge in [0.2, 0.25) is 0 Å². The minimum absolute atomic E-state index is 0.317. The molecule has 0 saturated carbocycles. The van der Waals surface area contributed by atoms with Crippen molar-refractivity contribution in [2.75, 3.05) is 12.3 Å². The number of rotatable bonds is 8. The number of carbonyl (C=O) groups is 1. The van der Waals surface area contributed by atoms with Crippen molar-refractivity contribution in [1.29, 1.82) is 10.5 Å². The van der Waals surface area contributed by atoms with Crippen molar-refractivity contribution >= 4 is 29.3 Å². The highest BCUT2D eigenvalue weighted by atomic mass is 32.2. The third-order valence-electron chi connectivity index (χ3n) is 4.31. The van der Waals surface area contributed by atoms with E-state index in [0.717, 1.165) is 22.7 Å². The Kier molecular flexibility index (Phi) is 9.18. The standard InChI is InChI=1S/C23H22N4O2S/c1-3-22(20-7-5-4-6-8-20)26-18(2)27(13-14-30-17-25)15-19-9-11-21(12-10-19)23(28)29-16-24/h3-12H,13-15H2,1-2H3/b22-3-,26-18?. The number of carbonyl (C=O) groups excluding carboxylic acids is 1. The van der Waals surface area contributed by atoms with E-state index < -0.39 is 5.97 Å². The maximum absolute atomic E-state index is 11.6. The van der Waals surface area contributed by atoms with Gasteiger partial charge in [0.15, 0.2) is 0 Å². The molecule has 2 aromatic carbocycles. The Morgan fingerprint density at radius 2 is 1.83 bits per heavy atom. The normalized spacial score (nSPS) is 11.3. The lowest BCUT2D eigenvalue weighted by Gasteiger charge is -2.24. The van der Waals surface area contributed by atoms with Crippen molar-refractivity contribution in [3.8, 4) is 11.7 Å². The van der Waals surface area contributed by atoms with E-state index in [-0.39, 0.29) is 0 Å². The van der Waals surface area contributed by atoms with Gasteiger partial charge in [-0.1, -0.05) is 48.5 Å². The van der Waals surface area contributed by atoms with Crippen LogP contribution in [0.3, 0.4) is 0 Å². The molecule has 0 unspecified atom stereocenters. The molecule has 7 heteroatoms. The molecule has 0 aliphatic heterocycles. The first kappa shape index (κ1) is 22.7. The minimum Gasteiger partial charge on any atom is -0.355 e. The van der Waals surface area contributed by atoms with E-state index in [0.29, 0.717) is 24.4 Å². The maximum atomic E-state index is 11.6. The molecule has 0 aliphatic carbocycles. The highest BCUT2D eigenvalue weighted by Gasteiger charge is 2.12. The van der Waals surface area contributed by atoms with E-state index in [2.05, 4.69) is 15.0 Å². The fourth-order valence-electron chi connectivity index (χ4n) is 2.77. The molecular formula is C23H22N4O2S. The van der Waals surface area contributed by atoms with Crippen LogP contribution in [0.15, 0.2) is 65.7 Å². The zero-order valence-electron chi connectivity index (χ0n) is 16.9. The number of thiocyanates is 1. The monoisotopic (exact) mass is 418 g/mol. The predicted octanol–water partition coefficient (Wildman–Crippen LogP) is 4.82. The molecular weight excluding hydrogens is 396 g/mol. The number of thioether (sulfide) groups is 1. The van der Waals surface area contributed by atoms with Gasteiger partial charge < -0.3 is 9.64 Å². The molecule has 0 N–H and O–H groups in total. The van der Waals surface area contributed by atoms with Crippen LogP contribution in [0.25, 0.3) is 5.70 Å². The SMILES string of the molecule is C/C=C(\N=C(C)N(CCSC#N)Cc1ccc(C(=O)OC#N)cc1)c1ccccc1. The van der Waals surface area contributed by atoms with Gasteiger partial charge in [0, 0.05) is 18.8 Å². The molecule has 0 spiro atoms. The molecule has 0 bridgehead atoms. The summed E-state index contributed by atoms with van der Waals surface area (Å²) in [4.78, 5) is 18.5. The van der Waals surface area contributed by atoms with E-state index in [1.54, 1.807) is 12.1 Å². The van der Waals surface area contributed by atoms with Gasteiger partial charge in [0.1, 0.15) is 11.2 Å². The number of amidine groups is 1. The molecule has 0 aromatic heterocycles. The molecule has 0 fully saturated rings. The van der Waals surface area contributed by atoms with Crippen LogP contribution in [0.4, 0.5) is 0 Å². The first-order valence-electron chi connectivity index (χ1n) is 9.31. The Hall–Kier alpha value is -3.55. The number of hydrogen-bond donors (Lipinski definition) is 0. The lowest BCUT2D eigenvalue weighted by atomic mass is 10.1. The van der Waals surface area contributed by atoms with E-state index in [1.807, 2.05) is 62.4 Å². The summed E-state index contributed by atoms with van der Waals surface area (Å²) in [7, 11) is 0. The number of nitrogens with zero attached hydrogens (tertiary/aromatic N) is 4. The van der Waals surface area contributed by atoms with Gasteiger partial charge >= 0.3 is 5.97 Å². The van der Waals surface area contributed by atoms with Crippen molar-refractivity contribution in [2.24, 2.45) is 4.99 Å². The Morgan fingerprint density at radius 3 is 2.43 bits per heavy atom. The van der Waals surface area contributed by atoms with Crippen LogP contribution in [0.5, 0.6) is 0 Å². The Morgan fingerprint density at radius 1 is 1.13 bits per heavy atom. The van der Waals surface area contributed by atoms with Gasteiger partial charge in [-0.25, -0.2) is 9.79 Å². The number of esters is 1. The average molecular weight is 419 g/mol. The largest absolute Gasteiger partial charge is 0.355 e. The van der Waals surface area contributed by atoms with Crippen LogP contribution in [0, 0.1) is 22.2 Å². The Bertz CT molecular complexity index is 987. The zero-order valence-corrected chi connectivity index (χ0v) is 17.7. The van der Waals surface area contributed by atoms with Gasteiger partial charge in [0.05, 0.1) is 11.3 Å². The fraction of sp³-hybridized carbons (Fsp3) is 0.217. The van der Waals surface area contributed by atoms with Crippen LogP contribution < -0.4 is 0 Å². The van der Waals surface area contributed by atoms with E-state index in [1.165, 1.54) is 18.0 Å². The third kappa shape index (κ3) is 6.80. The van der Waals surface area contributed by atoms with Crippen molar-refractivity contribution in [3.05, 3.63) is 77.4 Å². The predicted molar refractivity (Wildman–Crippen MR) is 119 cm³/mol. The van der Waals surface area contributed by atoms with Crippen LogP contribution in [-0.4, -0.2) is 29.0 Å².